The number of allylic oxidation sites excluding steroid dienone is 12. The number of unbranched alkanes of at least 4 members (excludes halogenated alkanes) is 11. The second kappa shape index (κ2) is 38.8. The highest BCUT2D eigenvalue weighted by Crippen LogP contribution is 2.49. The van der Waals surface area contributed by atoms with E-state index >= 15 is 0 Å². The van der Waals surface area contributed by atoms with E-state index in [0.717, 1.165) is 57.8 Å². The first-order valence-electron chi connectivity index (χ1n) is 24.2. The zero-order chi connectivity index (χ0) is 50.5. The predicted molar refractivity (Wildman–Crippen MR) is 261 cm³/mol. The van der Waals surface area contributed by atoms with Crippen LogP contribution >= 0.6 is 15.6 Å². The van der Waals surface area contributed by atoms with E-state index < -0.39 is 89.6 Å². The molecule has 17 nitrogen and oxygen atoms in total. The molecule has 1 aliphatic rings. The Hall–Kier alpha value is -2.86. The zero-order valence-electron chi connectivity index (χ0n) is 40.1. The quantitative estimate of drug-likeness (QED) is 0.00944. The van der Waals surface area contributed by atoms with Gasteiger partial charge in [0.15, 0.2) is 6.10 Å². The maximum Gasteiger partial charge on any atom is 0.472 e. The summed E-state index contributed by atoms with van der Waals surface area (Å²) in [6.07, 6.45) is 30.2. The molecule has 8 N–H and O–H groups in total. The Labute approximate surface area is 404 Å². The third-order valence-corrected chi connectivity index (χ3v) is 12.1. The second-order valence-electron chi connectivity index (χ2n) is 16.6. The summed E-state index contributed by atoms with van der Waals surface area (Å²) in [5.41, 5.74) is 0. The minimum atomic E-state index is -5.38. The van der Waals surface area contributed by atoms with E-state index in [0.29, 0.717) is 25.7 Å². The van der Waals surface area contributed by atoms with Gasteiger partial charge in [0.25, 0.3) is 0 Å². The number of carbonyl (C=O) groups excluding carboxylic acids is 2. The summed E-state index contributed by atoms with van der Waals surface area (Å²) in [4.78, 5) is 54.3. The van der Waals surface area contributed by atoms with Crippen LogP contribution in [0.3, 0.4) is 0 Å². The Balaban J connectivity index is 2.65. The fourth-order valence-corrected chi connectivity index (χ4v) is 8.32. The molecule has 390 valence electrons. The van der Waals surface area contributed by atoms with Crippen LogP contribution in [-0.4, -0.2) is 114 Å². The summed E-state index contributed by atoms with van der Waals surface area (Å²) in [5, 5.41) is 51.1. The number of phosphoric ester groups is 2. The van der Waals surface area contributed by atoms with Crippen molar-refractivity contribution in [1.82, 2.24) is 0 Å². The molecular formula is C49H82O17P2. The lowest BCUT2D eigenvalue weighted by molar-refractivity contribution is -0.216. The van der Waals surface area contributed by atoms with E-state index in [1.165, 1.54) is 38.5 Å². The summed E-state index contributed by atoms with van der Waals surface area (Å²) >= 11 is 0. The average molecular weight is 1010 g/mol. The van der Waals surface area contributed by atoms with Crippen LogP contribution in [0.4, 0.5) is 0 Å². The van der Waals surface area contributed by atoms with Crippen molar-refractivity contribution in [2.24, 2.45) is 0 Å². The molecule has 0 saturated heterocycles. The molecule has 19 heteroatoms. The Bertz CT molecular complexity index is 1650. The molecule has 0 aromatic rings. The van der Waals surface area contributed by atoms with Gasteiger partial charge in [0.2, 0.25) is 0 Å². The maximum atomic E-state index is 13.0. The van der Waals surface area contributed by atoms with E-state index in [-0.39, 0.29) is 12.8 Å². The number of aliphatic hydroxyl groups is 5. The highest BCUT2D eigenvalue weighted by molar-refractivity contribution is 7.47. The largest absolute Gasteiger partial charge is 0.472 e. The minimum absolute atomic E-state index is 0.00641. The summed E-state index contributed by atoms with van der Waals surface area (Å²) in [6, 6.07) is 0. The molecule has 1 fully saturated rings. The molecule has 0 spiro atoms. The number of hydrogen-bond acceptors (Lipinski definition) is 14. The minimum Gasteiger partial charge on any atom is -0.462 e. The van der Waals surface area contributed by atoms with Gasteiger partial charge in [-0.15, -0.1) is 0 Å². The van der Waals surface area contributed by atoms with Gasteiger partial charge in [0.05, 0.1) is 12.7 Å². The summed E-state index contributed by atoms with van der Waals surface area (Å²) in [6.45, 7) is 2.82. The van der Waals surface area contributed by atoms with E-state index in [4.69, 9.17) is 18.5 Å². The number of hydrogen-bond donors (Lipinski definition) is 8. The summed E-state index contributed by atoms with van der Waals surface area (Å²) < 4.78 is 49.3. The standard InChI is InChI=1S/C49H82O17P2/c1-3-5-7-8-9-10-11-12-13-16-20-23-26-29-33-37-43(52)64-41(39-63-68(60,61)66-49-46(55)44(53)45(54)48(47(49)56)65-67(57,58)59)38-62-42(51)36-32-28-25-22-19-17-14-15-18-21-24-27-31-35-40(50)34-30-6-4-2/h6,12-13,15,17-19,24-25,27-28,30-31,35,40-41,44-50,53-56H,3-5,7-11,14,16,20-23,26,29,32-34,36-39H2,1-2H3,(H,60,61)(H2,57,58,59)/b13-12-,18-15-,19-17-,27-24+,28-25-,30-6-,35-31+/t40?,41-,44?,45?,46?,47?,48-,49+/m1/s1. The highest BCUT2D eigenvalue weighted by Gasteiger charge is 2.54. The molecule has 0 aromatic carbocycles. The molecule has 1 rings (SSSR count). The highest BCUT2D eigenvalue weighted by atomic mass is 31.2. The van der Waals surface area contributed by atoms with E-state index in [1.54, 1.807) is 6.08 Å². The first kappa shape index (κ1) is 63.2. The van der Waals surface area contributed by atoms with Crippen molar-refractivity contribution in [2.45, 2.75) is 198 Å². The van der Waals surface area contributed by atoms with Crippen molar-refractivity contribution in [2.75, 3.05) is 13.2 Å². The number of aliphatic hydroxyl groups excluding tert-OH is 5. The van der Waals surface area contributed by atoms with Crippen molar-refractivity contribution in [3.8, 4) is 0 Å². The summed E-state index contributed by atoms with van der Waals surface area (Å²) in [5.74, 6) is -1.34. The molecule has 0 bridgehead atoms. The van der Waals surface area contributed by atoms with Crippen molar-refractivity contribution in [3.63, 3.8) is 0 Å². The smallest absolute Gasteiger partial charge is 0.462 e. The molecule has 0 amide bonds. The van der Waals surface area contributed by atoms with Crippen molar-refractivity contribution >= 4 is 27.6 Å². The van der Waals surface area contributed by atoms with Gasteiger partial charge in [-0.05, 0) is 70.6 Å². The van der Waals surface area contributed by atoms with Crippen LogP contribution in [-0.2, 0) is 41.8 Å². The van der Waals surface area contributed by atoms with Gasteiger partial charge in [0, 0.05) is 12.8 Å². The third kappa shape index (κ3) is 32.9. The molecule has 0 aliphatic heterocycles. The van der Waals surface area contributed by atoms with Crippen LogP contribution in [0, 0.1) is 0 Å². The van der Waals surface area contributed by atoms with Crippen LogP contribution in [0.5, 0.6) is 0 Å². The fraction of sp³-hybridized carbons (Fsp3) is 0.673. The number of rotatable bonds is 39. The van der Waals surface area contributed by atoms with Gasteiger partial charge in [-0.1, -0.05) is 150 Å². The normalized spacial score (nSPS) is 22.4. The zero-order valence-corrected chi connectivity index (χ0v) is 41.9. The molecule has 0 aromatic heterocycles. The monoisotopic (exact) mass is 1000 g/mol. The average Bonchev–Trinajstić information content (AvgIpc) is 3.29. The molecule has 68 heavy (non-hydrogen) atoms. The molecule has 1 aliphatic carbocycles. The van der Waals surface area contributed by atoms with Crippen LogP contribution in [0.25, 0.3) is 0 Å². The molecule has 9 atom stereocenters. The second-order valence-corrected chi connectivity index (χ2v) is 19.2. The van der Waals surface area contributed by atoms with Gasteiger partial charge in [0.1, 0.15) is 43.2 Å². The maximum absolute atomic E-state index is 13.0. The fourth-order valence-electron chi connectivity index (χ4n) is 6.78. The van der Waals surface area contributed by atoms with Crippen LogP contribution < -0.4 is 0 Å². The Morgan fingerprint density at radius 1 is 0.559 bits per heavy atom. The number of phosphoric acid groups is 2. The lowest BCUT2D eigenvalue weighted by atomic mass is 9.85. The van der Waals surface area contributed by atoms with Crippen molar-refractivity contribution in [1.29, 1.82) is 0 Å². The Morgan fingerprint density at radius 3 is 1.71 bits per heavy atom. The van der Waals surface area contributed by atoms with Gasteiger partial charge < -0.3 is 49.7 Å². The first-order valence-corrected chi connectivity index (χ1v) is 27.3. The Morgan fingerprint density at radius 2 is 1.10 bits per heavy atom. The van der Waals surface area contributed by atoms with Gasteiger partial charge >= 0.3 is 27.6 Å². The van der Waals surface area contributed by atoms with Crippen LogP contribution in [0.15, 0.2) is 85.1 Å². The molecule has 1 saturated carbocycles. The van der Waals surface area contributed by atoms with Gasteiger partial charge in [-0.3, -0.25) is 23.2 Å². The topological polar surface area (TPSA) is 276 Å². The SMILES string of the molecule is CC/C=C\CC(O)/C=C/C=C/C/C=C\C/C=C\C/C=C\CCC(=O)OC[C@H](COP(=O)(O)O[C@H]1C(O)C(O)C(O)[C@@H](OP(=O)(O)O)C1O)OC(=O)CCCCCCC/C=C\CCCCCCCC. The van der Waals surface area contributed by atoms with Crippen molar-refractivity contribution in [3.05, 3.63) is 85.1 Å². The molecule has 6 unspecified atom stereocenters. The number of ether oxygens (including phenoxy) is 2. The number of carbonyl (C=O) groups is 2. The lowest BCUT2D eigenvalue weighted by Crippen LogP contribution is -2.64. The number of esters is 2. The van der Waals surface area contributed by atoms with Gasteiger partial charge in [-0.2, -0.15) is 0 Å². The molecule has 0 heterocycles. The third-order valence-electron chi connectivity index (χ3n) is 10.5. The van der Waals surface area contributed by atoms with Crippen LogP contribution in [0.1, 0.15) is 149 Å². The molecular weight excluding hydrogens is 922 g/mol. The van der Waals surface area contributed by atoms with E-state index in [9.17, 15) is 58.9 Å². The van der Waals surface area contributed by atoms with Crippen molar-refractivity contribution < 1.29 is 82.0 Å². The Kier molecular flexibility index (Phi) is 36.1. The van der Waals surface area contributed by atoms with Gasteiger partial charge in [-0.25, -0.2) is 9.13 Å². The summed E-state index contributed by atoms with van der Waals surface area (Å²) in [7, 11) is -10.7. The first-order chi connectivity index (χ1) is 32.5. The van der Waals surface area contributed by atoms with E-state index in [2.05, 4.69) is 23.6 Å². The predicted octanol–water partition coefficient (Wildman–Crippen LogP) is 8.36. The van der Waals surface area contributed by atoms with Crippen LogP contribution in [0.2, 0.25) is 0 Å². The van der Waals surface area contributed by atoms with E-state index in [1.807, 2.05) is 73.8 Å². The molecule has 0 radical (unpaired) electrons. The lowest BCUT2D eigenvalue weighted by Gasteiger charge is -2.43.